The number of ether oxygens (including phenoxy) is 2. The fraction of sp³-hybridized carbons (Fsp3) is 0.174. The molecule has 1 amide bonds. The molecule has 0 atom stereocenters. The number of carbonyl (C=O) groups excluding carboxylic acids is 2. The molecule has 0 aliphatic heterocycles. The van der Waals surface area contributed by atoms with Crippen LogP contribution >= 0.6 is 0 Å². The van der Waals surface area contributed by atoms with Crippen LogP contribution < -0.4 is 10.7 Å². The summed E-state index contributed by atoms with van der Waals surface area (Å²) in [6.45, 7) is 2.35. The number of H-pyrrole nitrogens is 1. The van der Waals surface area contributed by atoms with E-state index in [-0.39, 0.29) is 30.8 Å². The van der Waals surface area contributed by atoms with Gasteiger partial charge in [-0.15, -0.1) is 0 Å². The van der Waals surface area contributed by atoms with Crippen molar-refractivity contribution in [2.24, 2.45) is 0 Å². The third kappa shape index (κ3) is 5.35. The van der Waals surface area contributed by atoms with E-state index < -0.39 is 12.1 Å². The van der Waals surface area contributed by atoms with Crippen molar-refractivity contribution < 1.29 is 19.1 Å². The van der Waals surface area contributed by atoms with Crippen LogP contribution in [0.3, 0.4) is 0 Å². The number of hydrogen-bond donors (Lipinski definition) is 2. The van der Waals surface area contributed by atoms with Crippen molar-refractivity contribution in [3.05, 3.63) is 87.7 Å². The summed E-state index contributed by atoms with van der Waals surface area (Å²) < 4.78 is 10.0. The van der Waals surface area contributed by atoms with Crippen LogP contribution in [-0.2, 0) is 16.1 Å². The summed E-state index contributed by atoms with van der Waals surface area (Å²) in [5.74, 6) is -0.653. The van der Waals surface area contributed by atoms with E-state index in [4.69, 9.17) is 9.47 Å². The van der Waals surface area contributed by atoms with Crippen LogP contribution in [0.4, 0.5) is 4.79 Å². The molecule has 0 bridgehead atoms. The lowest BCUT2D eigenvalue weighted by atomic mass is 10.1. The first kappa shape index (κ1) is 20.9. The third-order valence-electron chi connectivity index (χ3n) is 4.29. The zero-order chi connectivity index (χ0) is 21.3. The second-order valence-electron chi connectivity index (χ2n) is 6.40. The average Bonchev–Trinajstić information content (AvgIpc) is 2.76. The number of aromatic amines is 1. The molecular formula is C23H22N2O5. The number of aromatic nitrogens is 1. The van der Waals surface area contributed by atoms with Gasteiger partial charge in [0.25, 0.3) is 0 Å². The number of carbonyl (C=O) groups is 2. The Labute approximate surface area is 173 Å². The lowest BCUT2D eigenvalue weighted by Crippen LogP contribution is -2.24. The molecule has 0 spiro atoms. The normalized spacial score (nSPS) is 10.8. The smallest absolute Gasteiger partial charge is 0.407 e. The predicted octanol–water partition coefficient (Wildman–Crippen LogP) is 3.64. The van der Waals surface area contributed by atoms with Crippen LogP contribution in [0.25, 0.3) is 17.0 Å². The van der Waals surface area contributed by atoms with Crippen molar-refractivity contribution >= 4 is 29.0 Å². The van der Waals surface area contributed by atoms with Gasteiger partial charge in [0.15, 0.2) is 0 Å². The summed E-state index contributed by atoms with van der Waals surface area (Å²) in [7, 11) is 0. The highest BCUT2D eigenvalue weighted by atomic mass is 16.5. The van der Waals surface area contributed by atoms with Crippen LogP contribution in [0.15, 0.2) is 65.6 Å². The van der Waals surface area contributed by atoms with Crippen LogP contribution in [0.2, 0.25) is 0 Å². The second-order valence-corrected chi connectivity index (χ2v) is 6.40. The van der Waals surface area contributed by atoms with E-state index in [1.807, 2.05) is 36.4 Å². The lowest BCUT2D eigenvalue weighted by molar-refractivity contribution is 0.0524. The predicted molar refractivity (Wildman–Crippen MR) is 114 cm³/mol. The Hall–Kier alpha value is -3.87. The minimum Gasteiger partial charge on any atom is -0.462 e. The number of amides is 1. The maximum Gasteiger partial charge on any atom is 0.407 e. The van der Waals surface area contributed by atoms with Gasteiger partial charge >= 0.3 is 12.1 Å². The third-order valence-corrected chi connectivity index (χ3v) is 4.29. The van der Waals surface area contributed by atoms with Gasteiger partial charge in [0.1, 0.15) is 12.2 Å². The molecule has 0 fully saturated rings. The Morgan fingerprint density at radius 2 is 1.90 bits per heavy atom. The van der Waals surface area contributed by atoms with E-state index in [9.17, 15) is 14.4 Å². The highest BCUT2D eigenvalue weighted by molar-refractivity contribution is 5.93. The first-order valence-electron chi connectivity index (χ1n) is 9.52. The van der Waals surface area contributed by atoms with Crippen LogP contribution in [0, 0.1) is 0 Å². The van der Waals surface area contributed by atoms with E-state index in [1.165, 1.54) is 6.20 Å². The first-order valence-corrected chi connectivity index (χ1v) is 9.52. The van der Waals surface area contributed by atoms with Gasteiger partial charge in [-0.05, 0) is 30.2 Å². The summed E-state index contributed by atoms with van der Waals surface area (Å²) in [6, 6.07) is 14.7. The van der Waals surface area contributed by atoms with Gasteiger partial charge in [0, 0.05) is 23.6 Å². The van der Waals surface area contributed by atoms with E-state index in [2.05, 4.69) is 10.3 Å². The standard InChI is InChI=1S/C23H22N2O5/c1-2-29-22(27)19-14-25-20-11-10-16(13-18(20)21(19)26)9-6-12-24-23(28)30-15-17-7-4-3-5-8-17/h3-11,13-14H,2,12,15H2,1H3,(H,24,28)(H,25,26). The molecule has 0 saturated heterocycles. The molecule has 30 heavy (non-hydrogen) atoms. The summed E-state index contributed by atoms with van der Waals surface area (Å²) in [6.07, 6.45) is 4.36. The SMILES string of the molecule is CCOC(=O)c1c[nH]c2ccc(C=CCNC(=O)OCc3ccccc3)cc2c1=O. The molecule has 2 N–H and O–H groups in total. The molecule has 0 aliphatic rings. The molecule has 1 heterocycles. The van der Waals surface area contributed by atoms with Crippen LogP contribution in [-0.4, -0.2) is 30.2 Å². The minimum atomic E-state index is -0.653. The summed E-state index contributed by atoms with van der Waals surface area (Å²) >= 11 is 0. The van der Waals surface area contributed by atoms with Crippen molar-refractivity contribution in [1.82, 2.24) is 10.3 Å². The molecule has 7 nitrogen and oxygen atoms in total. The number of rotatable bonds is 7. The highest BCUT2D eigenvalue weighted by Crippen LogP contribution is 2.13. The monoisotopic (exact) mass is 406 g/mol. The zero-order valence-electron chi connectivity index (χ0n) is 16.5. The van der Waals surface area contributed by atoms with Gasteiger partial charge in [-0.25, -0.2) is 9.59 Å². The molecule has 0 aliphatic carbocycles. The molecule has 3 rings (SSSR count). The summed E-state index contributed by atoms with van der Waals surface area (Å²) in [5.41, 5.74) is 1.86. The number of benzene rings is 2. The highest BCUT2D eigenvalue weighted by Gasteiger charge is 2.13. The van der Waals surface area contributed by atoms with Gasteiger partial charge in [-0.3, -0.25) is 4.79 Å². The largest absolute Gasteiger partial charge is 0.462 e. The number of nitrogens with one attached hydrogen (secondary N) is 2. The van der Waals surface area contributed by atoms with E-state index in [0.29, 0.717) is 10.9 Å². The molecule has 7 heteroatoms. The molecule has 2 aromatic carbocycles. The Morgan fingerprint density at radius 1 is 1.10 bits per heavy atom. The van der Waals surface area contributed by atoms with Crippen molar-refractivity contribution in [2.45, 2.75) is 13.5 Å². The maximum atomic E-state index is 12.6. The van der Waals surface area contributed by atoms with Crippen molar-refractivity contribution in [1.29, 1.82) is 0 Å². The van der Waals surface area contributed by atoms with E-state index in [1.54, 1.807) is 31.2 Å². The Balaban J connectivity index is 1.60. The van der Waals surface area contributed by atoms with Crippen molar-refractivity contribution in [2.75, 3.05) is 13.2 Å². The lowest BCUT2D eigenvalue weighted by Gasteiger charge is -2.05. The van der Waals surface area contributed by atoms with Gasteiger partial charge in [0.2, 0.25) is 5.43 Å². The van der Waals surface area contributed by atoms with Gasteiger partial charge in [-0.2, -0.15) is 0 Å². The fourth-order valence-electron chi connectivity index (χ4n) is 2.81. The molecule has 0 saturated carbocycles. The maximum absolute atomic E-state index is 12.6. The summed E-state index contributed by atoms with van der Waals surface area (Å²) in [5, 5.41) is 3.02. The number of pyridine rings is 1. The Morgan fingerprint density at radius 3 is 2.67 bits per heavy atom. The quantitative estimate of drug-likeness (QED) is 0.584. The van der Waals surface area contributed by atoms with Crippen molar-refractivity contribution in [3.8, 4) is 0 Å². The molecule has 0 radical (unpaired) electrons. The number of alkyl carbamates (subject to hydrolysis) is 1. The molecule has 3 aromatic rings. The molecular weight excluding hydrogens is 384 g/mol. The van der Waals surface area contributed by atoms with Crippen molar-refractivity contribution in [3.63, 3.8) is 0 Å². The number of hydrogen-bond acceptors (Lipinski definition) is 5. The molecule has 1 aromatic heterocycles. The summed E-state index contributed by atoms with van der Waals surface area (Å²) in [4.78, 5) is 39.2. The first-order chi connectivity index (χ1) is 14.6. The second kappa shape index (κ2) is 10.1. The topological polar surface area (TPSA) is 97.5 Å². The van der Waals surface area contributed by atoms with Crippen LogP contribution in [0.5, 0.6) is 0 Å². The van der Waals surface area contributed by atoms with E-state index in [0.717, 1.165) is 11.1 Å². The van der Waals surface area contributed by atoms with Gasteiger partial charge in [-0.1, -0.05) is 48.6 Å². The minimum absolute atomic E-state index is 0.0340. The van der Waals surface area contributed by atoms with Gasteiger partial charge < -0.3 is 19.8 Å². The Kier molecular flexibility index (Phi) is 7.00. The average molecular weight is 406 g/mol. The van der Waals surface area contributed by atoms with E-state index >= 15 is 0 Å². The fourth-order valence-corrected chi connectivity index (χ4v) is 2.81. The van der Waals surface area contributed by atoms with Crippen LogP contribution in [0.1, 0.15) is 28.4 Å². The molecule has 0 unspecified atom stereocenters. The number of esters is 1. The number of fused-ring (bicyclic) bond motifs is 1. The molecule has 154 valence electrons. The zero-order valence-corrected chi connectivity index (χ0v) is 16.5. The van der Waals surface area contributed by atoms with Gasteiger partial charge in [0.05, 0.1) is 6.61 Å². The Bertz CT molecular complexity index is 1120.